The van der Waals surface area contributed by atoms with Crippen molar-refractivity contribution in [3.63, 3.8) is 0 Å². The van der Waals surface area contributed by atoms with Crippen LogP contribution in [-0.4, -0.2) is 74.3 Å². The van der Waals surface area contributed by atoms with E-state index in [0.29, 0.717) is 5.57 Å². The lowest BCUT2D eigenvalue weighted by molar-refractivity contribution is -0.148. The van der Waals surface area contributed by atoms with Crippen molar-refractivity contribution >= 4 is 76.2 Å². The molecular formula is C14H15Cl2N3O7S2. The topological polar surface area (TPSA) is 134 Å². The quantitative estimate of drug-likeness (QED) is 0.218. The van der Waals surface area contributed by atoms with Crippen LogP contribution in [0.3, 0.4) is 0 Å². The van der Waals surface area contributed by atoms with Crippen molar-refractivity contribution in [2.45, 2.75) is 23.2 Å². The second-order valence-electron chi connectivity index (χ2n) is 5.51. The van der Waals surface area contributed by atoms with Crippen molar-refractivity contribution in [3.8, 4) is 0 Å². The van der Waals surface area contributed by atoms with Gasteiger partial charge in [0.2, 0.25) is 0 Å². The Morgan fingerprint density at radius 3 is 2.64 bits per heavy atom. The molecule has 3 N–H and O–H groups in total. The zero-order valence-electron chi connectivity index (χ0n) is 14.3. The first-order valence-electron chi connectivity index (χ1n) is 7.67. The van der Waals surface area contributed by atoms with Gasteiger partial charge >= 0.3 is 18.0 Å². The largest absolute Gasteiger partial charge is 0.477 e. The third-order valence-electron chi connectivity index (χ3n) is 3.54. The first-order valence-corrected chi connectivity index (χ1v) is 10.0. The Balaban J connectivity index is 1.99. The predicted octanol–water partition coefficient (Wildman–Crippen LogP) is 0.576. The molecule has 2 atom stereocenters. The normalized spacial score (nSPS) is 20.9. The molecule has 2 heterocycles. The molecule has 2 amide bonds. The van der Waals surface area contributed by atoms with Crippen LogP contribution in [-0.2, 0) is 23.9 Å². The van der Waals surface area contributed by atoms with Gasteiger partial charge in [0.15, 0.2) is 5.11 Å². The summed E-state index contributed by atoms with van der Waals surface area (Å²) in [4.78, 5) is 46.7. The number of carbonyl (C=O) groups is 4. The minimum absolute atomic E-state index is 0.171. The summed E-state index contributed by atoms with van der Waals surface area (Å²) in [6.07, 6.45) is -0.904. The van der Waals surface area contributed by atoms with Gasteiger partial charge in [-0.2, -0.15) is 0 Å². The van der Waals surface area contributed by atoms with E-state index in [-0.39, 0.29) is 29.8 Å². The summed E-state index contributed by atoms with van der Waals surface area (Å²) in [7, 11) is 0. The van der Waals surface area contributed by atoms with Crippen LogP contribution in [0.5, 0.6) is 0 Å². The van der Waals surface area contributed by atoms with Crippen LogP contribution in [0.2, 0.25) is 0 Å². The number of nitrogens with zero attached hydrogens (tertiary/aromatic N) is 1. The zero-order valence-corrected chi connectivity index (χ0v) is 17.4. The number of ether oxygens (including phenoxy) is 2. The van der Waals surface area contributed by atoms with E-state index in [4.69, 9.17) is 40.2 Å². The Morgan fingerprint density at radius 1 is 1.39 bits per heavy atom. The number of hydrogen-bond donors (Lipinski definition) is 3. The highest BCUT2D eigenvalue weighted by atomic mass is 35.5. The van der Waals surface area contributed by atoms with E-state index in [1.54, 1.807) is 0 Å². The van der Waals surface area contributed by atoms with Crippen LogP contribution >= 0.6 is 47.2 Å². The molecule has 1 fully saturated rings. The van der Waals surface area contributed by atoms with Crippen LogP contribution in [0.1, 0.15) is 6.92 Å². The summed E-state index contributed by atoms with van der Waals surface area (Å²) in [5.74, 6) is -2.16. The maximum absolute atomic E-state index is 12.4. The van der Waals surface area contributed by atoms with E-state index in [2.05, 4.69) is 15.4 Å². The Kier molecular flexibility index (Phi) is 7.75. The van der Waals surface area contributed by atoms with Crippen molar-refractivity contribution in [1.82, 2.24) is 15.5 Å². The number of hydrogen-bond acceptors (Lipinski definition) is 8. The molecule has 0 unspecified atom stereocenters. The van der Waals surface area contributed by atoms with Crippen molar-refractivity contribution in [3.05, 3.63) is 11.3 Å². The lowest BCUT2D eigenvalue weighted by atomic mass is 10.0. The van der Waals surface area contributed by atoms with Crippen LogP contribution in [0.4, 0.5) is 4.79 Å². The number of aliphatic carboxylic acids is 1. The number of amides is 2. The van der Waals surface area contributed by atoms with E-state index in [1.165, 1.54) is 18.7 Å². The molecule has 0 spiro atoms. The van der Waals surface area contributed by atoms with Gasteiger partial charge < -0.3 is 19.9 Å². The molecule has 1 saturated heterocycles. The van der Waals surface area contributed by atoms with Crippen LogP contribution in [0, 0.1) is 0 Å². The Morgan fingerprint density at radius 2 is 2.07 bits per heavy atom. The van der Waals surface area contributed by atoms with Gasteiger partial charge in [-0.05, 0) is 12.2 Å². The standard InChI is InChI=1S/C14H15Cl2N3O7S2/c1-5(20)25-2-6-4-28-11-8(10(21)19(11)9(6)12(22)23)17-13(27)18-14(24)26-3-7(15)16/h7-8,11H,2-4H2,1H3,(H,22,23)(H2,17,18,24,27)/t8-,11-/m0/s1. The van der Waals surface area contributed by atoms with Crippen LogP contribution in [0.15, 0.2) is 11.3 Å². The monoisotopic (exact) mass is 471 g/mol. The fourth-order valence-electron chi connectivity index (χ4n) is 2.43. The number of alkyl carbamates (subject to hydrolysis) is 1. The molecule has 0 saturated carbocycles. The molecule has 0 radical (unpaired) electrons. The SMILES string of the molecule is CC(=O)OCC1=C(C(=O)O)N2C(=O)[C@H](NC(=S)NC(=O)OCC(Cl)Cl)[C@@H]2SC1. The van der Waals surface area contributed by atoms with Gasteiger partial charge in [0.25, 0.3) is 5.91 Å². The molecule has 28 heavy (non-hydrogen) atoms. The molecule has 2 rings (SSSR count). The highest BCUT2D eigenvalue weighted by molar-refractivity contribution is 8.00. The second kappa shape index (κ2) is 9.63. The van der Waals surface area contributed by atoms with Crippen molar-refractivity contribution < 1.29 is 33.8 Å². The number of carbonyl (C=O) groups excluding carboxylic acids is 3. The van der Waals surface area contributed by atoms with Crippen LogP contribution in [0.25, 0.3) is 0 Å². The number of carboxylic acids is 1. The minimum Gasteiger partial charge on any atom is -0.477 e. The van der Waals surface area contributed by atoms with Gasteiger partial charge in [-0.3, -0.25) is 19.8 Å². The number of thiocarbonyl (C=S) groups is 1. The molecule has 2 aliphatic rings. The number of rotatable bonds is 6. The average molecular weight is 472 g/mol. The Hall–Kier alpha value is -1.76. The van der Waals surface area contributed by atoms with Crippen molar-refractivity contribution in [2.24, 2.45) is 0 Å². The van der Waals surface area contributed by atoms with E-state index in [1.807, 2.05) is 0 Å². The number of thioether (sulfide) groups is 1. The number of alkyl halides is 2. The Bertz CT molecular complexity index is 746. The van der Waals surface area contributed by atoms with E-state index in [9.17, 15) is 24.3 Å². The minimum atomic E-state index is -1.31. The molecule has 0 aromatic carbocycles. The zero-order chi connectivity index (χ0) is 21.0. The predicted molar refractivity (Wildman–Crippen MR) is 104 cm³/mol. The molecule has 2 aliphatic heterocycles. The van der Waals surface area contributed by atoms with Gasteiger partial charge in [-0.25, -0.2) is 9.59 Å². The lowest BCUT2D eigenvalue weighted by Crippen LogP contribution is -2.71. The number of β-lactam (4-membered cyclic amide) rings is 1. The third kappa shape index (κ3) is 5.40. The lowest BCUT2D eigenvalue weighted by Gasteiger charge is -2.49. The smallest absolute Gasteiger partial charge is 0.413 e. The molecule has 0 aliphatic carbocycles. The van der Waals surface area contributed by atoms with E-state index in [0.717, 1.165) is 4.90 Å². The summed E-state index contributed by atoms with van der Waals surface area (Å²) in [5, 5.41) is 13.6. The molecule has 0 bridgehead atoms. The van der Waals surface area contributed by atoms with Gasteiger partial charge in [0.1, 0.15) is 35.2 Å². The maximum atomic E-state index is 12.4. The number of esters is 1. The number of halogens is 2. The van der Waals surface area contributed by atoms with E-state index < -0.39 is 40.2 Å². The molecule has 0 aromatic rings. The first kappa shape index (κ1) is 22.5. The highest BCUT2D eigenvalue weighted by Gasteiger charge is 2.54. The van der Waals surface area contributed by atoms with Gasteiger partial charge in [-0.1, -0.05) is 0 Å². The summed E-state index contributed by atoms with van der Waals surface area (Å²) >= 11 is 17.1. The summed E-state index contributed by atoms with van der Waals surface area (Å²) in [6, 6.07) is -0.837. The highest BCUT2D eigenvalue weighted by Crippen LogP contribution is 2.40. The second-order valence-corrected chi connectivity index (χ2v) is 8.30. The van der Waals surface area contributed by atoms with Crippen molar-refractivity contribution in [2.75, 3.05) is 19.0 Å². The van der Waals surface area contributed by atoms with E-state index >= 15 is 0 Å². The Labute approximate surface area is 178 Å². The fourth-order valence-corrected chi connectivity index (χ4v) is 4.09. The first-order chi connectivity index (χ1) is 13.1. The number of carboxylic acid groups (broad SMARTS) is 1. The summed E-state index contributed by atoms with van der Waals surface area (Å²) in [6.45, 7) is 0.741. The van der Waals surface area contributed by atoms with Crippen molar-refractivity contribution in [1.29, 1.82) is 0 Å². The molecule has 0 aromatic heterocycles. The van der Waals surface area contributed by atoms with Gasteiger partial charge in [0, 0.05) is 18.2 Å². The van der Waals surface area contributed by atoms with Gasteiger partial charge in [-0.15, -0.1) is 35.0 Å². The fraction of sp³-hybridized carbons (Fsp3) is 0.500. The molecule has 10 nitrogen and oxygen atoms in total. The number of nitrogens with one attached hydrogen (secondary N) is 2. The summed E-state index contributed by atoms with van der Waals surface area (Å²) in [5.41, 5.74) is 0.0957. The average Bonchev–Trinajstić information content (AvgIpc) is 2.61. The number of fused-ring (bicyclic) bond motifs is 1. The van der Waals surface area contributed by atoms with Crippen LogP contribution < -0.4 is 10.6 Å². The third-order valence-corrected chi connectivity index (χ3v) is 5.35. The van der Waals surface area contributed by atoms with Gasteiger partial charge in [0.05, 0.1) is 0 Å². The maximum Gasteiger partial charge on any atom is 0.413 e. The summed E-state index contributed by atoms with van der Waals surface area (Å²) < 4.78 is 9.53. The molecule has 154 valence electrons. The molecule has 14 heteroatoms. The molecular weight excluding hydrogens is 457 g/mol.